The highest BCUT2D eigenvalue weighted by Crippen LogP contribution is 2.33. The van der Waals surface area contributed by atoms with E-state index in [1.165, 1.54) is 0 Å². The lowest BCUT2D eigenvalue weighted by Crippen LogP contribution is -2.02. The second-order valence-corrected chi connectivity index (χ2v) is 6.44. The van der Waals surface area contributed by atoms with Gasteiger partial charge in [0.15, 0.2) is 6.29 Å². The highest BCUT2D eigenvalue weighted by molar-refractivity contribution is 9.10. The minimum atomic E-state index is -0.492. The Morgan fingerprint density at radius 3 is 2.17 bits per heavy atom. The third-order valence-electron chi connectivity index (χ3n) is 4.14. The number of benzene rings is 4. The zero-order chi connectivity index (χ0) is 16.0. The van der Waals surface area contributed by atoms with Gasteiger partial charge in [0, 0.05) is 10.0 Å². The molecule has 110 valence electrons. The van der Waals surface area contributed by atoms with Gasteiger partial charge in [-0.3, -0.25) is 9.59 Å². The van der Waals surface area contributed by atoms with Gasteiger partial charge in [-0.1, -0.05) is 46.3 Å². The number of hydrogen-bond acceptors (Lipinski definition) is 2. The molecule has 0 bridgehead atoms. The van der Waals surface area contributed by atoms with Crippen LogP contribution < -0.4 is 0 Å². The second kappa shape index (κ2) is 5.28. The maximum Gasteiger partial charge on any atom is 0.226 e. The van der Waals surface area contributed by atoms with Gasteiger partial charge in [0.25, 0.3) is 0 Å². The predicted molar refractivity (Wildman–Crippen MR) is 97.1 cm³/mol. The van der Waals surface area contributed by atoms with E-state index in [2.05, 4.69) is 28.1 Å². The molecule has 0 aromatic heterocycles. The Morgan fingerprint density at radius 2 is 1.43 bits per heavy atom. The van der Waals surface area contributed by atoms with Crippen molar-refractivity contribution in [2.45, 2.75) is 0 Å². The van der Waals surface area contributed by atoms with E-state index in [0.717, 1.165) is 36.8 Å². The number of aldehydes is 1. The van der Waals surface area contributed by atoms with Gasteiger partial charge in [-0.25, -0.2) is 0 Å². The average molecular weight is 363 g/mol. The zero-order valence-corrected chi connectivity index (χ0v) is 13.6. The van der Waals surface area contributed by atoms with Crippen LogP contribution in [-0.2, 0) is 4.79 Å². The van der Waals surface area contributed by atoms with Gasteiger partial charge in [0.1, 0.15) is 0 Å². The summed E-state index contributed by atoms with van der Waals surface area (Å²) < 4.78 is 0.880. The van der Waals surface area contributed by atoms with Gasteiger partial charge in [-0.2, -0.15) is 0 Å². The molecule has 0 radical (unpaired) electrons. The minimum Gasteiger partial charge on any atom is -0.294 e. The van der Waals surface area contributed by atoms with Crippen LogP contribution in [0.25, 0.3) is 32.3 Å². The summed E-state index contributed by atoms with van der Waals surface area (Å²) in [5.74, 6) is -0.492. The summed E-state index contributed by atoms with van der Waals surface area (Å²) in [5, 5.41) is 5.67. The summed E-state index contributed by atoms with van der Waals surface area (Å²) in [6.07, 6.45) is 0.393. The molecular formula is C20H11BrO2. The number of halogens is 1. The smallest absolute Gasteiger partial charge is 0.226 e. The number of carbonyl (C=O) groups is 2. The van der Waals surface area contributed by atoms with Gasteiger partial charge in [-0.15, -0.1) is 0 Å². The van der Waals surface area contributed by atoms with E-state index in [1.807, 2.05) is 48.5 Å². The van der Waals surface area contributed by atoms with Crippen LogP contribution in [0.15, 0.2) is 65.1 Å². The van der Waals surface area contributed by atoms with Gasteiger partial charge in [0.05, 0.1) is 0 Å². The Kier molecular flexibility index (Phi) is 3.24. The number of ketones is 1. The number of fused-ring (bicyclic) bond motifs is 3. The quantitative estimate of drug-likeness (QED) is 0.210. The maximum absolute atomic E-state index is 12.3. The first-order valence-corrected chi connectivity index (χ1v) is 8.01. The van der Waals surface area contributed by atoms with Gasteiger partial charge >= 0.3 is 0 Å². The van der Waals surface area contributed by atoms with E-state index in [0.29, 0.717) is 11.8 Å². The van der Waals surface area contributed by atoms with Crippen molar-refractivity contribution in [3.05, 3.63) is 70.7 Å². The van der Waals surface area contributed by atoms with Gasteiger partial charge in [0.2, 0.25) is 5.78 Å². The summed E-state index contributed by atoms with van der Waals surface area (Å²) in [7, 11) is 0. The first-order chi connectivity index (χ1) is 11.2. The lowest BCUT2D eigenvalue weighted by molar-refractivity contribution is -0.104. The zero-order valence-electron chi connectivity index (χ0n) is 12.0. The summed E-state index contributed by atoms with van der Waals surface area (Å²) in [5.41, 5.74) is 0.472. The van der Waals surface area contributed by atoms with Crippen molar-refractivity contribution in [1.29, 1.82) is 0 Å². The van der Waals surface area contributed by atoms with Crippen molar-refractivity contribution in [1.82, 2.24) is 0 Å². The fourth-order valence-electron chi connectivity index (χ4n) is 3.10. The van der Waals surface area contributed by atoms with Crippen LogP contribution >= 0.6 is 15.9 Å². The van der Waals surface area contributed by atoms with E-state index in [9.17, 15) is 9.59 Å². The van der Waals surface area contributed by atoms with Crippen LogP contribution in [0, 0.1) is 0 Å². The molecule has 0 saturated carbocycles. The molecule has 0 atom stereocenters. The van der Waals surface area contributed by atoms with Crippen LogP contribution in [0.3, 0.4) is 0 Å². The standard InChI is InChI=1S/C20H11BrO2/c21-16-6-5-14-8-15-7-12-3-1-2-4-13(12)9-17(15)20(18(14)10-16)19(23)11-22/h1-11H. The molecule has 4 rings (SSSR count). The molecule has 4 aromatic carbocycles. The van der Waals surface area contributed by atoms with Gasteiger partial charge in [-0.05, 0) is 62.6 Å². The number of Topliss-reactive ketones (excluding diaryl/α,β-unsaturated/α-hetero) is 1. The van der Waals surface area contributed by atoms with Crippen LogP contribution in [0.2, 0.25) is 0 Å². The van der Waals surface area contributed by atoms with E-state index >= 15 is 0 Å². The normalized spacial score (nSPS) is 11.2. The van der Waals surface area contributed by atoms with Crippen LogP contribution in [0.4, 0.5) is 0 Å². The lowest BCUT2D eigenvalue weighted by atomic mass is 9.92. The van der Waals surface area contributed by atoms with E-state index in [4.69, 9.17) is 0 Å². The minimum absolute atomic E-state index is 0.393. The molecule has 0 aliphatic carbocycles. The summed E-state index contributed by atoms with van der Waals surface area (Å²) in [6.45, 7) is 0. The van der Waals surface area contributed by atoms with Crippen LogP contribution in [0.5, 0.6) is 0 Å². The number of carbonyl (C=O) groups excluding carboxylic acids is 2. The van der Waals surface area contributed by atoms with Gasteiger partial charge < -0.3 is 0 Å². The van der Waals surface area contributed by atoms with Crippen molar-refractivity contribution in [2.24, 2.45) is 0 Å². The van der Waals surface area contributed by atoms with E-state index < -0.39 is 5.78 Å². The molecule has 0 spiro atoms. The predicted octanol–water partition coefficient (Wildman–Crippen LogP) is 5.29. The van der Waals surface area contributed by atoms with Crippen LogP contribution in [0.1, 0.15) is 10.4 Å². The Bertz CT molecular complexity index is 1110. The third kappa shape index (κ3) is 2.25. The molecule has 4 aromatic rings. The molecule has 2 nitrogen and oxygen atoms in total. The largest absolute Gasteiger partial charge is 0.294 e. The molecule has 0 N–H and O–H groups in total. The molecule has 0 fully saturated rings. The first-order valence-electron chi connectivity index (χ1n) is 7.21. The maximum atomic E-state index is 12.3. The highest BCUT2D eigenvalue weighted by atomic mass is 79.9. The Labute approximate surface area is 140 Å². The summed E-state index contributed by atoms with van der Waals surface area (Å²) >= 11 is 3.44. The topological polar surface area (TPSA) is 34.1 Å². The molecular weight excluding hydrogens is 352 g/mol. The fourth-order valence-corrected chi connectivity index (χ4v) is 3.46. The molecule has 0 saturated heterocycles. The molecule has 0 aliphatic heterocycles. The molecule has 3 heteroatoms. The average Bonchev–Trinajstić information content (AvgIpc) is 2.57. The molecule has 0 amide bonds. The monoisotopic (exact) mass is 362 g/mol. The summed E-state index contributed by atoms with van der Waals surface area (Å²) in [6, 6.07) is 19.9. The number of hydrogen-bond donors (Lipinski definition) is 0. The van der Waals surface area contributed by atoms with Crippen molar-refractivity contribution >= 4 is 60.3 Å². The Morgan fingerprint density at radius 1 is 0.783 bits per heavy atom. The van der Waals surface area contributed by atoms with Crippen molar-refractivity contribution < 1.29 is 9.59 Å². The first kappa shape index (κ1) is 14.1. The third-order valence-corrected chi connectivity index (χ3v) is 4.63. The number of rotatable bonds is 2. The molecule has 0 heterocycles. The van der Waals surface area contributed by atoms with E-state index in [1.54, 1.807) is 0 Å². The Balaban J connectivity index is 2.26. The Hall–Kier alpha value is -2.52. The fraction of sp³-hybridized carbons (Fsp3) is 0. The summed E-state index contributed by atoms with van der Waals surface area (Å²) in [4.78, 5) is 23.5. The van der Waals surface area contributed by atoms with Crippen LogP contribution in [-0.4, -0.2) is 12.1 Å². The molecule has 23 heavy (non-hydrogen) atoms. The molecule has 0 unspecified atom stereocenters. The molecule has 0 aliphatic rings. The van der Waals surface area contributed by atoms with Crippen molar-refractivity contribution in [2.75, 3.05) is 0 Å². The van der Waals surface area contributed by atoms with Crippen molar-refractivity contribution in [3.63, 3.8) is 0 Å². The van der Waals surface area contributed by atoms with Crippen molar-refractivity contribution in [3.8, 4) is 0 Å². The lowest BCUT2D eigenvalue weighted by Gasteiger charge is -2.10. The van der Waals surface area contributed by atoms with E-state index in [-0.39, 0.29) is 0 Å². The SMILES string of the molecule is O=CC(=O)c1c2cc(Br)ccc2cc2cc3ccccc3cc12. The second-order valence-electron chi connectivity index (χ2n) is 5.52. The highest BCUT2D eigenvalue weighted by Gasteiger charge is 2.15.